The second-order valence-corrected chi connectivity index (χ2v) is 22.6. The number of ether oxygens (including phenoxy) is 1. The van der Waals surface area contributed by atoms with E-state index >= 15 is 0 Å². The average molecular weight is 1180 g/mol. The van der Waals surface area contributed by atoms with Crippen LogP contribution in [0.15, 0.2) is 78.9 Å². The highest BCUT2D eigenvalue weighted by Gasteiger charge is 2.50. The van der Waals surface area contributed by atoms with Crippen LogP contribution in [0.25, 0.3) is 11.1 Å². The zero-order chi connectivity index (χ0) is 61.4. The van der Waals surface area contributed by atoms with Crippen LogP contribution in [0.3, 0.4) is 0 Å². The molecule has 3 fully saturated rings. The Bertz CT molecular complexity index is 2650. The Morgan fingerprint density at radius 2 is 1.18 bits per heavy atom. The molecule has 24 heteroatoms. The van der Waals surface area contributed by atoms with Crippen molar-refractivity contribution in [2.45, 2.75) is 202 Å². The third kappa shape index (κ3) is 17.7. The highest BCUT2D eigenvalue weighted by Crippen LogP contribution is 2.29. The number of amides is 7. The molecule has 0 radical (unpaired) electrons. The quantitative estimate of drug-likeness (QED) is 0.0637. The number of phenols is 1. The molecule has 0 aliphatic carbocycles. The fourth-order valence-corrected chi connectivity index (χ4v) is 10.9. The number of aliphatic hydroxyl groups is 8. The molecule has 0 saturated carbocycles. The molecule has 1 unspecified atom stereocenters. The first kappa shape index (κ1) is 66.4. The number of rotatable bonds is 21. The lowest BCUT2D eigenvalue weighted by molar-refractivity contribution is -0.148. The molecule has 3 aromatic rings. The predicted molar refractivity (Wildman–Crippen MR) is 304 cm³/mol. The normalized spacial score (nSPS) is 27.6. The van der Waals surface area contributed by atoms with E-state index in [4.69, 9.17) is 4.74 Å². The molecule has 14 N–H and O–H groups in total. The first-order valence-corrected chi connectivity index (χ1v) is 29.2. The Morgan fingerprint density at radius 1 is 0.631 bits per heavy atom. The summed E-state index contributed by atoms with van der Waals surface area (Å²) in [6, 6.07) is 9.54. The maximum absolute atomic E-state index is 14.7. The molecule has 84 heavy (non-hydrogen) atoms. The van der Waals surface area contributed by atoms with Crippen LogP contribution in [0.5, 0.6) is 11.5 Å². The van der Waals surface area contributed by atoms with Crippen LogP contribution in [-0.2, 0) is 33.6 Å². The van der Waals surface area contributed by atoms with Gasteiger partial charge in [-0.2, -0.15) is 0 Å². The van der Waals surface area contributed by atoms with Crippen molar-refractivity contribution in [3.05, 3.63) is 84.4 Å². The van der Waals surface area contributed by atoms with Gasteiger partial charge >= 0.3 is 0 Å². The number of carbonyl (C=O) groups is 7. The monoisotopic (exact) mass is 1180 g/mol. The van der Waals surface area contributed by atoms with Gasteiger partial charge in [-0.25, -0.2) is 0 Å². The van der Waals surface area contributed by atoms with Gasteiger partial charge in [0.25, 0.3) is 5.91 Å². The second-order valence-electron chi connectivity index (χ2n) is 22.6. The Labute approximate surface area is 489 Å². The molecule has 462 valence electrons. The predicted octanol–water partition coefficient (Wildman–Crippen LogP) is 0.282. The molecule has 16 atom stereocenters. The zero-order valence-corrected chi connectivity index (χ0v) is 48.0. The van der Waals surface area contributed by atoms with Crippen LogP contribution in [0.4, 0.5) is 0 Å². The first-order chi connectivity index (χ1) is 40.0. The lowest BCUT2D eigenvalue weighted by Crippen LogP contribution is -2.64. The standard InChI is InChI=1S/C60H85N7O17/c1-5-6-7-8-9-10-11-12-13-17-20-45(84-41-27-23-37(24-28-41)36-18-15-14-16-19-36)56(79)61-42-30-44(72)55(78)65-58(81)49-50(73)33(2)31-67(49)60(83)47(35(4)69)63-57(80)48(52(75)51(74)38-21-25-39(70)26-22-38)64-54(77)43-29-40(71)32-66(43)59(82)46(34(3)68)62-53(42)76/h14-16,18-19,21-28,33-35,40,42-52,55,68-75,78H,5-13,17,20,29-32H2,1-4H3,(H,61,79)(H,62,76)(H,63,80)(H,64,77)(H,65,81)/t33-,34+,35+,40+,42-,43-,44+,45?,46-,47-,48-,49-,50-,51-,52-,55+/m0/s1. The van der Waals surface area contributed by atoms with E-state index in [0.29, 0.717) is 12.2 Å². The number of nitrogens with one attached hydrogen (secondary N) is 5. The van der Waals surface area contributed by atoms with Crippen molar-refractivity contribution >= 4 is 41.4 Å². The van der Waals surface area contributed by atoms with Crippen molar-refractivity contribution in [3.63, 3.8) is 0 Å². The van der Waals surface area contributed by atoms with E-state index in [2.05, 4.69) is 33.5 Å². The van der Waals surface area contributed by atoms with E-state index in [9.17, 15) is 79.5 Å². The minimum atomic E-state index is -2.30. The van der Waals surface area contributed by atoms with Gasteiger partial charge in [-0.15, -0.1) is 0 Å². The van der Waals surface area contributed by atoms with E-state index in [-0.39, 0.29) is 24.3 Å². The molecular weight excluding hydrogens is 1090 g/mol. The van der Waals surface area contributed by atoms with E-state index < -0.39 is 158 Å². The molecular formula is C60H85N7O17. The van der Waals surface area contributed by atoms with Crippen molar-refractivity contribution in [1.82, 2.24) is 36.4 Å². The number of fused-ring (bicyclic) bond motifs is 2. The number of unbranched alkanes of at least 4 members (excludes halogenated alkanes) is 9. The van der Waals surface area contributed by atoms with Crippen LogP contribution in [0, 0.1) is 5.92 Å². The van der Waals surface area contributed by atoms with Gasteiger partial charge in [-0.3, -0.25) is 33.6 Å². The van der Waals surface area contributed by atoms with Gasteiger partial charge in [0.15, 0.2) is 12.3 Å². The van der Waals surface area contributed by atoms with Crippen molar-refractivity contribution in [1.29, 1.82) is 0 Å². The summed E-state index contributed by atoms with van der Waals surface area (Å²) in [4.78, 5) is 103. The van der Waals surface area contributed by atoms with Gasteiger partial charge < -0.3 is 87.1 Å². The van der Waals surface area contributed by atoms with E-state index in [1.807, 2.05) is 42.5 Å². The Hall–Kier alpha value is -6.77. The minimum Gasteiger partial charge on any atom is -0.508 e. The van der Waals surface area contributed by atoms with Crippen LogP contribution < -0.4 is 31.3 Å². The molecule has 3 aliphatic rings. The molecule has 3 aliphatic heterocycles. The van der Waals surface area contributed by atoms with Crippen LogP contribution in [-0.4, -0.2) is 195 Å². The summed E-state index contributed by atoms with van der Waals surface area (Å²) in [6.45, 7) is 4.90. The summed E-state index contributed by atoms with van der Waals surface area (Å²) in [5.41, 5.74) is 1.72. The van der Waals surface area contributed by atoms with E-state index in [1.54, 1.807) is 12.1 Å². The van der Waals surface area contributed by atoms with Crippen molar-refractivity contribution in [3.8, 4) is 22.6 Å². The number of hydrogen-bond donors (Lipinski definition) is 14. The third-order valence-electron chi connectivity index (χ3n) is 15.8. The maximum atomic E-state index is 14.7. The number of carbonyl (C=O) groups excluding carboxylic acids is 7. The van der Waals surface area contributed by atoms with Gasteiger partial charge in [-0.1, -0.05) is 126 Å². The summed E-state index contributed by atoms with van der Waals surface area (Å²) >= 11 is 0. The molecule has 3 heterocycles. The zero-order valence-electron chi connectivity index (χ0n) is 48.0. The number of aliphatic hydroxyl groups excluding tert-OH is 8. The Kier molecular flexibility index (Phi) is 24.8. The van der Waals surface area contributed by atoms with Gasteiger partial charge in [0.05, 0.1) is 24.4 Å². The molecule has 6 rings (SSSR count). The number of hydrogen-bond acceptors (Lipinski definition) is 17. The summed E-state index contributed by atoms with van der Waals surface area (Å²) < 4.78 is 6.32. The molecule has 0 bridgehead atoms. The highest BCUT2D eigenvalue weighted by atomic mass is 16.5. The summed E-state index contributed by atoms with van der Waals surface area (Å²) in [6.07, 6.45) is -7.96. The molecule has 24 nitrogen and oxygen atoms in total. The summed E-state index contributed by atoms with van der Waals surface area (Å²) in [5, 5.41) is 112. The van der Waals surface area contributed by atoms with Gasteiger partial charge in [0.1, 0.15) is 66.1 Å². The topological polar surface area (TPSA) is 377 Å². The number of nitrogens with zero attached hydrogens (tertiary/aromatic N) is 2. The molecule has 0 spiro atoms. The van der Waals surface area contributed by atoms with Crippen LogP contribution >= 0.6 is 0 Å². The van der Waals surface area contributed by atoms with Crippen molar-refractivity contribution < 1.29 is 84.3 Å². The number of phenolic OH excluding ortho intramolecular Hbond substituents is 1. The first-order valence-electron chi connectivity index (χ1n) is 29.2. The van der Waals surface area contributed by atoms with E-state index in [0.717, 1.165) is 91.9 Å². The van der Waals surface area contributed by atoms with Gasteiger partial charge in [-0.05, 0) is 67.6 Å². The Balaban J connectivity index is 1.35. The van der Waals surface area contributed by atoms with E-state index in [1.165, 1.54) is 31.9 Å². The van der Waals surface area contributed by atoms with Gasteiger partial charge in [0.2, 0.25) is 35.4 Å². The minimum absolute atomic E-state index is 0.0712. The lowest BCUT2D eigenvalue weighted by Gasteiger charge is -2.34. The fraction of sp³-hybridized carbons (Fsp3) is 0.583. The number of benzene rings is 3. The SMILES string of the molecule is CCCCCCCCCCCCC(Oc1ccc(-c2ccccc2)cc1)C(=O)N[C@H]1C[C@@H](O)[C@@H](O)NC(=O)[C@@H]2[C@@H](O)[C@@H](C)CN2C(=O)[C@H]([C@@H](C)O)NC(=O)[C@H]([C@H](O)[C@@H](O)c2ccc(O)cc2)NC(=O)[C@@H]2C[C@@H](O)CN2C(=O)[C@H]([C@@H](C)O)NC1=O. The average Bonchev–Trinajstić information content (AvgIpc) is 4.17. The smallest absolute Gasteiger partial charge is 0.261 e. The fourth-order valence-electron chi connectivity index (χ4n) is 10.9. The third-order valence-corrected chi connectivity index (χ3v) is 15.8. The molecule has 7 amide bonds. The molecule has 3 aromatic carbocycles. The maximum Gasteiger partial charge on any atom is 0.261 e. The van der Waals surface area contributed by atoms with Crippen molar-refractivity contribution in [2.75, 3.05) is 13.1 Å². The van der Waals surface area contributed by atoms with Crippen LogP contribution in [0.2, 0.25) is 0 Å². The molecule has 3 saturated heterocycles. The van der Waals surface area contributed by atoms with Crippen LogP contribution in [0.1, 0.15) is 123 Å². The summed E-state index contributed by atoms with van der Waals surface area (Å²) in [5.74, 6) is -9.09. The Morgan fingerprint density at radius 3 is 1.77 bits per heavy atom. The second kappa shape index (κ2) is 31.4. The largest absolute Gasteiger partial charge is 0.508 e. The lowest BCUT2D eigenvalue weighted by atomic mass is 9.96. The van der Waals surface area contributed by atoms with Gasteiger partial charge in [0, 0.05) is 31.8 Å². The van der Waals surface area contributed by atoms with Crippen molar-refractivity contribution in [2.24, 2.45) is 5.92 Å². The number of aromatic hydroxyl groups is 1. The molecule has 0 aromatic heterocycles. The highest BCUT2D eigenvalue weighted by molar-refractivity contribution is 5.98. The summed E-state index contributed by atoms with van der Waals surface area (Å²) in [7, 11) is 0.